The molecule has 0 bridgehead atoms. The Morgan fingerprint density at radius 3 is 1.59 bits per heavy atom. The molecule has 0 fully saturated rings. The fourth-order valence-electron chi connectivity index (χ4n) is 5.02. The van der Waals surface area contributed by atoms with Crippen LogP contribution in [0.1, 0.15) is 142 Å². The number of carbonyl (C=O) groups is 2. The number of rotatable bonds is 38. The van der Waals surface area contributed by atoms with Gasteiger partial charge in [0.05, 0.1) is 13.2 Å². The van der Waals surface area contributed by atoms with E-state index in [0.29, 0.717) is 19.4 Å². The molecule has 0 aliphatic heterocycles. The lowest BCUT2D eigenvalue weighted by molar-refractivity contribution is -0.161. The van der Waals surface area contributed by atoms with Gasteiger partial charge in [0, 0.05) is 19.4 Å². The average Bonchev–Trinajstić information content (AvgIpc) is 3.18. The van der Waals surface area contributed by atoms with Crippen molar-refractivity contribution in [1.29, 1.82) is 0 Å². The van der Waals surface area contributed by atoms with Gasteiger partial charge < -0.3 is 19.7 Å². The van der Waals surface area contributed by atoms with Crippen molar-refractivity contribution in [2.45, 2.75) is 148 Å². The van der Waals surface area contributed by atoms with E-state index in [1.807, 2.05) is 12.2 Å². The van der Waals surface area contributed by atoms with E-state index in [4.69, 9.17) is 18.5 Å². The van der Waals surface area contributed by atoms with E-state index in [0.717, 1.165) is 77.0 Å². The second-order valence-electron chi connectivity index (χ2n) is 13.4. The molecule has 0 radical (unpaired) electrons. The van der Waals surface area contributed by atoms with Gasteiger partial charge in [0.2, 0.25) is 0 Å². The van der Waals surface area contributed by atoms with Gasteiger partial charge in [0.25, 0.3) is 0 Å². The summed E-state index contributed by atoms with van der Waals surface area (Å²) in [7, 11) is -2.69. The van der Waals surface area contributed by atoms with Crippen molar-refractivity contribution < 1.29 is 37.6 Å². The largest absolute Gasteiger partial charge is 0.472 e. The molecular weight excluding hydrogens is 725 g/mol. The highest BCUT2D eigenvalue weighted by molar-refractivity contribution is 7.47. The number of hydrogen-bond acceptors (Lipinski definition) is 8. The summed E-state index contributed by atoms with van der Waals surface area (Å²) in [6.07, 6.45) is 51.8. The van der Waals surface area contributed by atoms with E-state index in [9.17, 15) is 19.0 Å². The van der Waals surface area contributed by atoms with Crippen molar-refractivity contribution in [2.75, 3.05) is 33.4 Å². The summed E-state index contributed by atoms with van der Waals surface area (Å²) in [5, 5.41) is 2.81. The molecule has 2 N–H and O–H groups in total. The molecule has 0 aliphatic rings. The van der Waals surface area contributed by atoms with Crippen LogP contribution in [0.5, 0.6) is 0 Å². The van der Waals surface area contributed by atoms with Gasteiger partial charge >= 0.3 is 19.8 Å². The van der Waals surface area contributed by atoms with Gasteiger partial charge in [-0.3, -0.25) is 18.6 Å². The lowest BCUT2D eigenvalue weighted by Gasteiger charge is -2.20. The molecule has 2 atom stereocenters. The predicted molar refractivity (Wildman–Crippen MR) is 233 cm³/mol. The quantitative estimate of drug-likeness (QED) is 0.0272. The Balaban J connectivity index is 4.41. The van der Waals surface area contributed by atoms with Crippen molar-refractivity contribution in [1.82, 2.24) is 5.32 Å². The number of unbranched alkanes of at least 4 members (excludes halogenated alkanes) is 8. The molecule has 0 aromatic carbocycles. The van der Waals surface area contributed by atoms with E-state index < -0.39 is 32.5 Å². The summed E-state index contributed by atoms with van der Waals surface area (Å²) in [5.41, 5.74) is 0. The van der Waals surface area contributed by atoms with Crippen LogP contribution in [0.25, 0.3) is 0 Å². The number of esters is 2. The molecule has 2 unspecified atom stereocenters. The summed E-state index contributed by atoms with van der Waals surface area (Å²) >= 11 is 0. The maximum atomic E-state index is 12.6. The third-order valence-electron chi connectivity index (χ3n) is 8.20. The third-order valence-corrected chi connectivity index (χ3v) is 9.19. The number of hydrogen-bond donors (Lipinski definition) is 2. The lowest BCUT2D eigenvalue weighted by atomic mass is 10.1. The molecule has 0 aromatic rings. The van der Waals surface area contributed by atoms with Crippen LogP contribution in [0, 0.1) is 0 Å². The van der Waals surface area contributed by atoms with Crippen LogP contribution in [-0.4, -0.2) is 56.3 Å². The smallest absolute Gasteiger partial charge is 0.462 e. The molecule has 0 spiro atoms. The number of phosphoric ester groups is 1. The third kappa shape index (κ3) is 40.6. The van der Waals surface area contributed by atoms with E-state index in [2.05, 4.69) is 104 Å². The SMILES string of the molecule is CC/C=C\C/C=C\C/C=C\C/C=C\C/C=C\C/C=C\CCC(=O)OCC(COP(=O)(O)OCCNC)OC(=O)CCCCCCC/C=C\C/C=C\CCCCC. The van der Waals surface area contributed by atoms with E-state index in [1.165, 1.54) is 25.7 Å². The Hall–Kier alpha value is -3.07. The van der Waals surface area contributed by atoms with E-state index >= 15 is 0 Å². The van der Waals surface area contributed by atoms with Gasteiger partial charge in [-0.2, -0.15) is 0 Å². The summed E-state index contributed by atoms with van der Waals surface area (Å²) in [6.45, 7) is 3.95. The van der Waals surface area contributed by atoms with Crippen molar-refractivity contribution in [3.63, 3.8) is 0 Å². The zero-order chi connectivity index (χ0) is 41.1. The maximum Gasteiger partial charge on any atom is 0.472 e. The Kier molecular flexibility index (Phi) is 39.3. The highest BCUT2D eigenvalue weighted by Crippen LogP contribution is 2.43. The van der Waals surface area contributed by atoms with Crippen molar-refractivity contribution in [2.24, 2.45) is 0 Å². The second-order valence-corrected chi connectivity index (χ2v) is 14.9. The first-order valence-electron chi connectivity index (χ1n) is 21.2. The highest BCUT2D eigenvalue weighted by Gasteiger charge is 2.26. The predicted octanol–water partition coefficient (Wildman–Crippen LogP) is 12.1. The molecule has 0 saturated carbocycles. The number of nitrogens with one attached hydrogen (secondary N) is 1. The zero-order valence-electron chi connectivity index (χ0n) is 35.0. The molecule has 318 valence electrons. The first kappa shape index (κ1) is 52.9. The Labute approximate surface area is 340 Å². The minimum Gasteiger partial charge on any atom is -0.462 e. The van der Waals surface area contributed by atoms with Crippen molar-refractivity contribution in [3.05, 3.63) is 97.2 Å². The molecule has 10 heteroatoms. The van der Waals surface area contributed by atoms with Crippen LogP contribution in [0.2, 0.25) is 0 Å². The number of carbonyl (C=O) groups excluding carboxylic acids is 2. The standard InChI is InChI=1S/C46H76NO8P/c1-4-6-8-10-12-14-16-18-20-21-22-23-25-26-28-30-32-34-36-38-45(48)52-42-44(43-54-56(50,51)53-41-40-47-3)55-46(49)39-37-35-33-31-29-27-24-19-17-15-13-11-9-7-5-2/h6,8,12-15,18-20,22-24,26,28,32,34,44,47H,4-5,7,9-11,16-17,21,25,27,29-31,33,35-43H2,1-3H3,(H,50,51)/b8-6-,14-12-,15-13-,20-18-,23-22-,24-19-,28-26-,34-32-. The van der Waals surface area contributed by atoms with Gasteiger partial charge in [0.1, 0.15) is 6.61 Å². The minimum absolute atomic E-state index is 0.0366. The summed E-state index contributed by atoms with van der Waals surface area (Å²) in [4.78, 5) is 35.0. The van der Waals surface area contributed by atoms with Gasteiger partial charge in [-0.25, -0.2) is 4.57 Å². The van der Waals surface area contributed by atoms with Gasteiger partial charge in [-0.15, -0.1) is 0 Å². The van der Waals surface area contributed by atoms with Crippen LogP contribution in [-0.2, 0) is 32.7 Å². The number of allylic oxidation sites excluding steroid dienone is 16. The maximum absolute atomic E-state index is 12.6. The fraction of sp³-hybridized carbons (Fsp3) is 0.609. The molecule has 0 rings (SSSR count). The first-order valence-corrected chi connectivity index (χ1v) is 22.7. The molecule has 56 heavy (non-hydrogen) atoms. The molecule has 0 aromatic heterocycles. The molecular formula is C46H76NO8P. The Bertz CT molecular complexity index is 1230. The second kappa shape index (κ2) is 41.6. The number of phosphoric acid groups is 1. The first-order chi connectivity index (χ1) is 27.3. The van der Waals surface area contributed by atoms with Crippen molar-refractivity contribution >= 4 is 19.8 Å². The molecule has 9 nitrogen and oxygen atoms in total. The summed E-state index contributed by atoms with van der Waals surface area (Å²) in [5.74, 6) is -0.932. The Morgan fingerprint density at radius 1 is 0.571 bits per heavy atom. The highest BCUT2D eigenvalue weighted by atomic mass is 31.2. The molecule has 0 heterocycles. The van der Waals surface area contributed by atoms with Crippen LogP contribution in [0.3, 0.4) is 0 Å². The molecule has 0 aliphatic carbocycles. The van der Waals surface area contributed by atoms with E-state index in [1.54, 1.807) is 7.05 Å². The van der Waals surface area contributed by atoms with Crippen molar-refractivity contribution in [3.8, 4) is 0 Å². The van der Waals surface area contributed by atoms with Crippen LogP contribution in [0.4, 0.5) is 0 Å². The summed E-state index contributed by atoms with van der Waals surface area (Å²) in [6, 6.07) is 0. The normalized spacial score (nSPS) is 14.3. The molecule has 0 saturated heterocycles. The average molecular weight is 802 g/mol. The monoisotopic (exact) mass is 802 g/mol. The topological polar surface area (TPSA) is 120 Å². The van der Waals surface area contributed by atoms with E-state index in [-0.39, 0.29) is 26.1 Å². The lowest BCUT2D eigenvalue weighted by Crippen LogP contribution is -2.29. The van der Waals surface area contributed by atoms with Crippen LogP contribution >= 0.6 is 7.82 Å². The van der Waals surface area contributed by atoms with Crippen LogP contribution < -0.4 is 5.32 Å². The van der Waals surface area contributed by atoms with Gasteiger partial charge in [-0.1, -0.05) is 143 Å². The van der Waals surface area contributed by atoms with Gasteiger partial charge in [0.15, 0.2) is 6.10 Å². The van der Waals surface area contributed by atoms with Crippen LogP contribution in [0.15, 0.2) is 97.2 Å². The minimum atomic E-state index is -4.37. The fourth-order valence-corrected chi connectivity index (χ4v) is 5.77. The Morgan fingerprint density at radius 2 is 1.05 bits per heavy atom. The molecule has 0 amide bonds. The van der Waals surface area contributed by atoms with Gasteiger partial charge in [-0.05, 0) is 90.5 Å². The summed E-state index contributed by atoms with van der Waals surface area (Å²) < 4.78 is 33.1. The number of likely N-dealkylation sites (N-methyl/N-ethyl adjacent to an activating group) is 1. The number of ether oxygens (including phenoxy) is 2. The zero-order valence-corrected chi connectivity index (χ0v) is 35.9.